The highest BCUT2D eigenvalue weighted by molar-refractivity contribution is 5.76. The van der Waals surface area contributed by atoms with Crippen LogP contribution in [0.1, 0.15) is 5.56 Å². The number of benzene rings is 2. The largest absolute Gasteiger partial charge is 0.309 e. The molecule has 0 aliphatic heterocycles. The van der Waals surface area contributed by atoms with Crippen molar-refractivity contribution in [3.05, 3.63) is 103 Å². The smallest absolute Gasteiger partial charge is 0.0887 e. The van der Waals surface area contributed by atoms with E-state index in [1.165, 1.54) is 5.56 Å². The van der Waals surface area contributed by atoms with Crippen LogP contribution >= 0.6 is 0 Å². The first kappa shape index (κ1) is 16.0. The molecule has 2 heterocycles. The van der Waals surface area contributed by atoms with E-state index in [-0.39, 0.29) is 0 Å². The maximum Gasteiger partial charge on any atom is 0.0887 e. The number of hydrogen-bond acceptors (Lipinski definition) is 3. The zero-order chi connectivity index (χ0) is 17.8. The molecule has 0 bridgehead atoms. The molecule has 0 fully saturated rings. The molecule has 0 N–H and O–H groups in total. The van der Waals surface area contributed by atoms with Gasteiger partial charge in [0, 0.05) is 17.6 Å². The molecule has 0 amide bonds. The first-order valence-corrected chi connectivity index (χ1v) is 8.60. The summed E-state index contributed by atoms with van der Waals surface area (Å²) in [5.74, 6) is 0. The third kappa shape index (κ3) is 3.33. The van der Waals surface area contributed by atoms with Crippen molar-refractivity contribution in [2.24, 2.45) is 0 Å². The van der Waals surface area contributed by atoms with Crippen LogP contribution in [0.3, 0.4) is 0 Å². The predicted octanol–water partition coefficient (Wildman–Crippen LogP) is 5.92. The van der Waals surface area contributed by atoms with Gasteiger partial charge in [-0.1, -0.05) is 42.0 Å². The van der Waals surface area contributed by atoms with E-state index >= 15 is 0 Å². The first-order valence-electron chi connectivity index (χ1n) is 8.60. The van der Waals surface area contributed by atoms with Gasteiger partial charge in [0.2, 0.25) is 0 Å². The topological polar surface area (TPSA) is 29.0 Å². The van der Waals surface area contributed by atoms with Crippen molar-refractivity contribution in [2.75, 3.05) is 4.90 Å². The van der Waals surface area contributed by atoms with Crippen LogP contribution < -0.4 is 4.90 Å². The molecule has 4 rings (SSSR count). The van der Waals surface area contributed by atoms with Crippen LogP contribution in [0.15, 0.2) is 97.3 Å². The van der Waals surface area contributed by atoms with Crippen molar-refractivity contribution in [3.8, 4) is 11.4 Å². The highest BCUT2D eigenvalue weighted by Crippen LogP contribution is 2.34. The number of anilines is 3. The van der Waals surface area contributed by atoms with Gasteiger partial charge >= 0.3 is 0 Å². The molecular weight excluding hydrogens is 318 g/mol. The molecule has 0 saturated carbocycles. The van der Waals surface area contributed by atoms with Gasteiger partial charge in [0.05, 0.1) is 23.3 Å². The summed E-state index contributed by atoms with van der Waals surface area (Å²) in [4.78, 5) is 11.2. The van der Waals surface area contributed by atoms with E-state index in [0.29, 0.717) is 0 Å². The van der Waals surface area contributed by atoms with Crippen molar-refractivity contribution in [3.63, 3.8) is 0 Å². The van der Waals surface area contributed by atoms with E-state index in [9.17, 15) is 0 Å². The first-order chi connectivity index (χ1) is 12.8. The molecule has 0 unspecified atom stereocenters. The average molecular weight is 337 g/mol. The van der Waals surface area contributed by atoms with Crippen molar-refractivity contribution >= 4 is 17.1 Å². The van der Waals surface area contributed by atoms with Crippen LogP contribution in [0.25, 0.3) is 11.4 Å². The van der Waals surface area contributed by atoms with Gasteiger partial charge < -0.3 is 4.90 Å². The number of pyridine rings is 2. The van der Waals surface area contributed by atoms with E-state index < -0.39 is 0 Å². The predicted molar refractivity (Wildman–Crippen MR) is 107 cm³/mol. The van der Waals surface area contributed by atoms with Gasteiger partial charge in [0.25, 0.3) is 0 Å². The molecule has 3 heteroatoms. The Morgan fingerprint density at radius 3 is 1.88 bits per heavy atom. The van der Waals surface area contributed by atoms with E-state index in [2.05, 4.69) is 64.3 Å². The highest BCUT2D eigenvalue weighted by atomic mass is 15.1. The van der Waals surface area contributed by atoms with Crippen molar-refractivity contribution < 1.29 is 0 Å². The zero-order valence-electron chi connectivity index (χ0n) is 14.6. The SMILES string of the molecule is Cc1ccc(N(c2ccccc2)c2ccc(-c3ccccn3)nc2)cc1. The Hall–Kier alpha value is -3.46. The fourth-order valence-electron chi connectivity index (χ4n) is 2.90. The summed E-state index contributed by atoms with van der Waals surface area (Å²) in [6.45, 7) is 2.10. The number of aryl methyl sites for hydroxylation is 1. The molecule has 26 heavy (non-hydrogen) atoms. The van der Waals surface area contributed by atoms with Crippen molar-refractivity contribution in [2.45, 2.75) is 6.92 Å². The van der Waals surface area contributed by atoms with Crippen LogP contribution in [0, 0.1) is 6.92 Å². The minimum atomic E-state index is 0.867. The van der Waals surface area contributed by atoms with E-state index in [1.807, 2.05) is 48.7 Å². The maximum atomic E-state index is 4.63. The molecule has 126 valence electrons. The molecule has 0 saturated heterocycles. The lowest BCUT2D eigenvalue weighted by Gasteiger charge is -2.25. The van der Waals surface area contributed by atoms with Crippen LogP contribution in [-0.2, 0) is 0 Å². The molecule has 0 aliphatic rings. The Kier molecular flexibility index (Phi) is 4.44. The quantitative estimate of drug-likeness (QED) is 0.463. The van der Waals surface area contributed by atoms with Gasteiger partial charge in [-0.15, -0.1) is 0 Å². The molecule has 2 aromatic heterocycles. The molecule has 0 aliphatic carbocycles. The lowest BCUT2D eigenvalue weighted by atomic mass is 10.1. The summed E-state index contributed by atoms with van der Waals surface area (Å²) in [5.41, 5.74) is 6.20. The summed E-state index contributed by atoms with van der Waals surface area (Å²) in [6.07, 6.45) is 3.68. The second-order valence-electron chi connectivity index (χ2n) is 6.12. The number of aromatic nitrogens is 2. The third-order valence-corrected chi connectivity index (χ3v) is 4.24. The van der Waals surface area contributed by atoms with Crippen LogP contribution in [-0.4, -0.2) is 9.97 Å². The fraction of sp³-hybridized carbons (Fsp3) is 0.0435. The van der Waals surface area contributed by atoms with Gasteiger partial charge in [-0.3, -0.25) is 9.97 Å². The fourth-order valence-corrected chi connectivity index (χ4v) is 2.90. The molecule has 3 nitrogen and oxygen atoms in total. The minimum absolute atomic E-state index is 0.867. The van der Waals surface area contributed by atoms with Crippen LogP contribution in [0.4, 0.5) is 17.1 Å². The summed E-state index contributed by atoms with van der Waals surface area (Å²) in [6, 6.07) is 28.8. The summed E-state index contributed by atoms with van der Waals surface area (Å²) in [5, 5.41) is 0. The molecule has 0 spiro atoms. The third-order valence-electron chi connectivity index (χ3n) is 4.24. The van der Waals surface area contributed by atoms with E-state index in [4.69, 9.17) is 0 Å². The number of rotatable bonds is 4. The standard InChI is InChI=1S/C23H19N3/c1-18-10-12-20(13-11-18)26(19-7-3-2-4-8-19)21-14-15-23(25-17-21)22-9-5-6-16-24-22/h2-17H,1H3. The molecule has 0 radical (unpaired) electrons. The molecule has 2 aromatic carbocycles. The normalized spacial score (nSPS) is 10.5. The molecule has 4 aromatic rings. The Balaban J connectivity index is 1.76. The maximum absolute atomic E-state index is 4.63. The zero-order valence-corrected chi connectivity index (χ0v) is 14.6. The van der Waals surface area contributed by atoms with Gasteiger partial charge in [-0.05, 0) is 55.5 Å². The second kappa shape index (κ2) is 7.19. The lowest BCUT2D eigenvalue weighted by Crippen LogP contribution is -2.10. The Morgan fingerprint density at radius 1 is 0.577 bits per heavy atom. The van der Waals surface area contributed by atoms with Gasteiger partial charge in [-0.25, -0.2) is 0 Å². The number of para-hydroxylation sites is 1. The van der Waals surface area contributed by atoms with Gasteiger partial charge in [-0.2, -0.15) is 0 Å². The Morgan fingerprint density at radius 2 is 1.23 bits per heavy atom. The number of hydrogen-bond donors (Lipinski definition) is 0. The van der Waals surface area contributed by atoms with Crippen molar-refractivity contribution in [1.82, 2.24) is 9.97 Å². The second-order valence-corrected chi connectivity index (χ2v) is 6.12. The lowest BCUT2D eigenvalue weighted by molar-refractivity contribution is 1.20. The Bertz CT molecular complexity index is 963. The average Bonchev–Trinajstić information content (AvgIpc) is 2.72. The van der Waals surface area contributed by atoms with Crippen LogP contribution in [0.5, 0.6) is 0 Å². The van der Waals surface area contributed by atoms with E-state index in [1.54, 1.807) is 6.20 Å². The minimum Gasteiger partial charge on any atom is -0.309 e. The molecule has 0 atom stereocenters. The summed E-state index contributed by atoms with van der Waals surface area (Å²) >= 11 is 0. The molecular formula is C23H19N3. The summed E-state index contributed by atoms with van der Waals surface area (Å²) in [7, 11) is 0. The van der Waals surface area contributed by atoms with E-state index in [0.717, 1.165) is 28.5 Å². The number of nitrogens with zero attached hydrogens (tertiary/aromatic N) is 3. The van der Waals surface area contributed by atoms with Crippen LogP contribution in [0.2, 0.25) is 0 Å². The summed E-state index contributed by atoms with van der Waals surface area (Å²) < 4.78 is 0. The van der Waals surface area contributed by atoms with Crippen molar-refractivity contribution in [1.29, 1.82) is 0 Å². The monoisotopic (exact) mass is 337 g/mol. The Labute approximate surface area is 153 Å². The highest BCUT2D eigenvalue weighted by Gasteiger charge is 2.12. The van der Waals surface area contributed by atoms with Gasteiger partial charge in [0.1, 0.15) is 0 Å². The van der Waals surface area contributed by atoms with Gasteiger partial charge in [0.15, 0.2) is 0 Å².